The van der Waals surface area contributed by atoms with Crippen molar-refractivity contribution in [3.8, 4) is 0 Å². The molecule has 0 radical (unpaired) electrons. The van der Waals surface area contributed by atoms with Crippen molar-refractivity contribution >= 4 is 11.8 Å². The van der Waals surface area contributed by atoms with Crippen LogP contribution in [-0.2, 0) is 9.59 Å². The van der Waals surface area contributed by atoms with Gasteiger partial charge in [0.15, 0.2) is 0 Å². The topological polar surface area (TPSA) is 57.6 Å². The van der Waals surface area contributed by atoms with Crippen molar-refractivity contribution in [1.29, 1.82) is 0 Å². The van der Waals surface area contributed by atoms with Crippen LogP contribution in [-0.4, -0.2) is 28.4 Å². The maximum Gasteiger partial charge on any atom is 0.236 e. The highest BCUT2D eigenvalue weighted by Gasteiger charge is 2.52. The molecule has 0 aromatic heterocycles. The first-order chi connectivity index (χ1) is 10.0. The van der Waals surface area contributed by atoms with Crippen LogP contribution in [0.1, 0.15) is 43.8 Å². The number of likely N-dealkylation sites (tertiary alicyclic amines) is 1. The Morgan fingerprint density at radius 3 is 2.43 bits per heavy atom. The molecular formula is C16H18FNO3. The van der Waals surface area contributed by atoms with Crippen LogP contribution in [0, 0.1) is 11.2 Å². The number of aliphatic hydroxyl groups excluding tert-OH is 1. The predicted molar refractivity (Wildman–Crippen MR) is 73.6 cm³/mol. The van der Waals surface area contributed by atoms with E-state index >= 15 is 0 Å². The maximum absolute atomic E-state index is 12.9. The summed E-state index contributed by atoms with van der Waals surface area (Å²) in [4.78, 5) is 25.8. The molecule has 1 aromatic carbocycles. The lowest BCUT2D eigenvalue weighted by atomic mass is 9.84. The summed E-state index contributed by atoms with van der Waals surface area (Å²) in [6.07, 6.45) is 2.78. The third-order valence-electron chi connectivity index (χ3n) is 4.66. The van der Waals surface area contributed by atoms with E-state index in [1.54, 1.807) is 0 Å². The third-order valence-corrected chi connectivity index (χ3v) is 4.66. The quantitative estimate of drug-likeness (QED) is 0.868. The average molecular weight is 291 g/mol. The molecule has 21 heavy (non-hydrogen) atoms. The highest BCUT2D eigenvalue weighted by molar-refractivity contribution is 6.06. The molecule has 2 aliphatic rings. The van der Waals surface area contributed by atoms with Gasteiger partial charge in [-0.25, -0.2) is 4.39 Å². The summed E-state index contributed by atoms with van der Waals surface area (Å²) in [5, 5.41) is 10.2. The van der Waals surface area contributed by atoms with Gasteiger partial charge in [-0.1, -0.05) is 25.0 Å². The minimum absolute atomic E-state index is 0.0505. The molecule has 1 N–H and O–H groups in total. The second-order valence-corrected chi connectivity index (χ2v) is 6.04. The first kappa shape index (κ1) is 14.2. The van der Waals surface area contributed by atoms with Crippen LogP contribution in [0.2, 0.25) is 0 Å². The van der Waals surface area contributed by atoms with Crippen molar-refractivity contribution in [2.24, 2.45) is 5.41 Å². The zero-order chi connectivity index (χ0) is 15.0. The van der Waals surface area contributed by atoms with Gasteiger partial charge in [-0.3, -0.25) is 14.5 Å². The average Bonchev–Trinajstić information content (AvgIpc) is 3.01. The third kappa shape index (κ3) is 2.46. The Kier molecular flexibility index (Phi) is 3.53. The second-order valence-electron chi connectivity index (χ2n) is 6.04. The summed E-state index contributed by atoms with van der Waals surface area (Å²) in [5.74, 6) is -0.738. The number of β-amino-alcohol motifs (C(OH)–C–C–N with tert-alkyl or cyclic N) is 1. The first-order valence-corrected chi connectivity index (χ1v) is 7.30. The predicted octanol–water partition coefficient (Wildman–Crippen LogP) is 2.18. The molecule has 0 unspecified atom stereocenters. The number of carbonyl (C=O) groups excluding carboxylic acids is 2. The SMILES string of the molecule is O=C1CC2(CCCC2)C(=O)N1C[C@H](O)c1ccc(F)cc1. The molecule has 1 saturated carbocycles. The fourth-order valence-electron chi connectivity index (χ4n) is 3.45. The molecule has 3 rings (SSSR count). The standard InChI is InChI=1S/C16H18FNO3/c17-12-5-3-11(4-6-12)13(19)10-18-14(20)9-16(15(18)21)7-1-2-8-16/h3-6,13,19H,1-2,7-10H2/t13-/m0/s1. The van der Waals surface area contributed by atoms with Crippen LogP contribution in [0.15, 0.2) is 24.3 Å². The van der Waals surface area contributed by atoms with Crippen molar-refractivity contribution in [3.05, 3.63) is 35.6 Å². The van der Waals surface area contributed by atoms with Gasteiger partial charge < -0.3 is 5.11 Å². The molecule has 4 nitrogen and oxygen atoms in total. The first-order valence-electron chi connectivity index (χ1n) is 7.30. The van der Waals surface area contributed by atoms with Gasteiger partial charge in [-0.05, 0) is 30.5 Å². The van der Waals surface area contributed by atoms with Gasteiger partial charge in [-0.15, -0.1) is 0 Å². The number of imide groups is 1. The van der Waals surface area contributed by atoms with E-state index in [0.717, 1.165) is 25.7 Å². The van der Waals surface area contributed by atoms with Gasteiger partial charge in [0.2, 0.25) is 11.8 Å². The van der Waals surface area contributed by atoms with E-state index < -0.39 is 11.5 Å². The van der Waals surface area contributed by atoms with E-state index in [4.69, 9.17) is 0 Å². The van der Waals surface area contributed by atoms with Crippen LogP contribution in [0.3, 0.4) is 0 Å². The number of rotatable bonds is 3. The van der Waals surface area contributed by atoms with Gasteiger partial charge in [0, 0.05) is 6.42 Å². The lowest BCUT2D eigenvalue weighted by Crippen LogP contribution is -2.37. The minimum atomic E-state index is -0.977. The fraction of sp³-hybridized carbons (Fsp3) is 0.500. The van der Waals surface area contributed by atoms with Crippen molar-refractivity contribution < 1.29 is 19.1 Å². The van der Waals surface area contributed by atoms with Gasteiger partial charge in [0.25, 0.3) is 0 Å². The van der Waals surface area contributed by atoms with Crippen LogP contribution >= 0.6 is 0 Å². The van der Waals surface area contributed by atoms with Gasteiger partial charge in [0.1, 0.15) is 5.82 Å². The van der Waals surface area contributed by atoms with Crippen molar-refractivity contribution in [1.82, 2.24) is 4.90 Å². The minimum Gasteiger partial charge on any atom is -0.387 e. The van der Waals surface area contributed by atoms with Crippen LogP contribution < -0.4 is 0 Å². The molecule has 2 fully saturated rings. The summed E-state index contributed by atoms with van der Waals surface area (Å²) in [7, 11) is 0. The molecular weight excluding hydrogens is 273 g/mol. The molecule has 112 valence electrons. The van der Waals surface area contributed by atoms with Crippen LogP contribution in [0.4, 0.5) is 4.39 Å². The number of aliphatic hydroxyl groups is 1. The molecule has 2 amide bonds. The van der Waals surface area contributed by atoms with Crippen molar-refractivity contribution in [3.63, 3.8) is 0 Å². The number of amides is 2. The monoisotopic (exact) mass is 291 g/mol. The van der Waals surface area contributed by atoms with E-state index in [1.807, 2.05) is 0 Å². The van der Waals surface area contributed by atoms with Crippen LogP contribution in [0.25, 0.3) is 0 Å². The van der Waals surface area contributed by atoms with Crippen molar-refractivity contribution in [2.75, 3.05) is 6.54 Å². The van der Waals surface area contributed by atoms with Gasteiger partial charge in [0.05, 0.1) is 18.1 Å². The maximum atomic E-state index is 12.9. The van der Waals surface area contributed by atoms with Gasteiger partial charge in [-0.2, -0.15) is 0 Å². The number of nitrogens with zero attached hydrogens (tertiary/aromatic N) is 1. The summed E-state index contributed by atoms with van der Waals surface area (Å²) in [6, 6.07) is 5.45. The zero-order valence-corrected chi connectivity index (χ0v) is 11.7. The molecule has 1 heterocycles. The molecule has 0 bridgehead atoms. The van der Waals surface area contributed by atoms with E-state index in [9.17, 15) is 19.1 Å². The number of hydrogen-bond acceptors (Lipinski definition) is 3. The zero-order valence-electron chi connectivity index (χ0n) is 11.7. The van der Waals surface area contributed by atoms with Gasteiger partial charge >= 0.3 is 0 Å². The molecule has 1 aliphatic carbocycles. The lowest BCUT2D eigenvalue weighted by Gasteiger charge is -2.23. The Hall–Kier alpha value is -1.75. The number of benzene rings is 1. The number of hydrogen-bond donors (Lipinski definition) is 1. The fourth-order valence-corrected chi connectivity index (χ4v) is 3.45. The molecule has 1 saturated heterocycles. The highest BCUT2D eigenvalue weighted by Crippen LogP contribution is 2.47. The van der Waals surface area contributed by atoms with E-state index in [-0.39, 0.29) is 30.6 Å². The summed E-state index contributed by atoms with van der Waals surface area (Å²) in [5.41, 5.74) is -0.0102. The van der Waals surface area contributed by atoms with E-state index in [1.165, 1.54) is 29.2 Å². The second kappa shape index (κ2) is 5.22. The molecule has 1 spiro atoms. The Morgan fingerprint density at radius 1 is 1.19 bits per heavy atom. The Balaban J connectivity index is 1.74. The largest absolute Gasteiger partial charge is 0.387 e. The highest BCUT2D eigenvalue weighted by atomic mass is 19.1. The van der Waals surface area contributed by atoms with Crippen molar-refractivity contribution in [2.45, 2.75) is 38.2 Å². The molecule has 1 aromatic rings. The summed E-state index contributed by atoms with van der Waals surface area (Å²) < 4.78 is 12.9. The summed E-state index contributed by atoms with van der Waals surface area (Å²) >= 11 is 0. The Bertz CT molecular complexity index is 563. The summed E-state index contributed by atoms with van der Waals surface area (Å²) in [6.45, 7) is -0.0505. The lowest BCUT2D eigenvalue weighted by molar-refractivity contribution is -0.143. The van der Waals surface area contributed by atoms with E-state index in [0.29, 0.717) is 5.56 Å². The Labute approximate surface area is 122 Å². The molecule has 5 heteroatoms. The number of carbonyl (C=O) groups is 2. The van der Waals surface area contributed by atoms with Crippen LogP contribution in [0.5, 0.6) is 0 Å². The van der Waals surface area contributed by atoms with E-state index in [2.05, 4.69) is 0 Å². The number of halogens is 1. The molecule has 1 atom stereocenters. The smallest absolute Gasteiger partial charge is 0.236 e. The normalized spacial score (nSPS) is 22.3. The Morgan fingerprint density at radius 2 is 1.81 bits per heavy atom. The molecule has 1 aliphatic heterocycles.